The number of benzene rings is 3. The number of ether oxygens (including phenoxy) is 3. The molecule has 0 radical (unpaired) electrons. The van der Waals surface area contributed by atoms with Crippen LogP contribution in [0.15, 0.2) is 59.0 Å². The molecule has 11 heteroatoms. The summed E-state index contributed by atoms with van der Waals surface area (Å²) in [6.07, 6.45) is 1.03. The van der Waals surface area contributed by atoms with Gasteiger partial charge in [-0.05, 0) is 48.0 Å². The maximum Gasteiger partial charge on any atom is 0.340 e. The maximum atomic E-state index is 13.5. The number of furan rings is 1. The van der Waals surface area contributed by atoms with E-state index in [9.17, 15) is 22.7 Å². The minimum atomic E-state index is -3.71. The molecule has 0 unspecified atom stereocenters. The van der Waals surface area contributed by atoms with Crippen LogP contribution >= 0.6 is 0 Å². The Balaban J connectivity index is 1.87. The van der Waals surface area contributed by atoms with Crippen LogP contribution < -0.4 is 18.5 Å². The average molecular weight is 530 g/mol. The number of halogens is 1. The molecule has 0 amide bonds. The molecule has 0 saturated heterocycles. The minimum absolute atomic E-state index is 0.00476. The van der Waals surface area contributed by atoms with E-state index in [0.29, 0.717) is 22.6 Å². The van der Waals surface area contributed by atoms with Crippen LogP contribution in [0.1, 0.15) is 15.9 Å². The molecule has 37 heavy (non-hydrogen) atoms. The molecule has 1 N–H and O–H groups in total. The molecule has 3 aromatic carbocycles. The van der Waals surface area contributed by atoms with Gasteiger partial charge in [0, 0.05) is 30.1 Å². The fourth-order valence-corrected chi connectivity index (χ4v) is 4.28. The van der Waals surface area contributed by atoms with E-state index >= 15 is 0 Å². The lowest BCUT2D eigenvalue weighted by molar-refractivity contribution is 0.0699. The van der Waals surface area contributed by atoms with Crippen molar-refractivity contribution in [1.82, 2.24) is 0 Å². The lowest BCUT2D eigenvalue weighted by atomic mass is 10.0. The molecular formula is C26H24FNO8S. The van der Waals surface area contributed by atoms with Gasteiger partial charge in [-0.2, -0.15) is 0 Å². The first kappa shape index (κ1) is 25.8. The maximum absolute atomic E-state index is 13.5. The Labute approximate surface area is 212 Å². The number of nitrogens with zero attached hydrogens (tertiary/aromatic N) is 1. The van der Waals surface area contributed by atoms with Crippen LogP contribution in [0.4, 0.5) is 10.1 Å². The third-order valence-corrected chi connectivity index (χ3v) is 6.92. The van der Waals surface area contributed by atoms with Crippen LogP contribution in [0.3, 0.4) is 0 Å². The first-order chi connectivity index (χ1) is 17.5. The Morgan fingerprint density at radius 1 is 1.03 bits per heavy atom. The average Bonchev–Trinajstić information content (AvgIpc) is 3.24. The molecule has 4 rings (SSSR count). The van der Waals surface area contributed by atoms with E-state index in [1.54, 1.807) is 18.2 Å². The van der Waals surface area contributed by atoms with Crippen molar-refractivity contribution in [2.45, 2.75) is 6.61 Å². The Hall–Kier alpha value is -4.25. The number of rotatable bonds is 9. The van der Waals surface area contributed by atoms with Crippen molar-refractivity contribution in [1.29, 1.82) is 0 Å². The van der Waals surface area contributed by atoms with Crippen molar-refractivity contribution in [2.24, 2.45) is 0 Å². The van der Waals surface area contributed by atoms with E-state index in [2.05, 4.69) is 0 Å². The highest BCUT2D eigenvalue weighted by atomic mass is 32.2. The number of aromatic carboxylic acids is 1. The molecule has 1 heterocycles. The van der Waals surface area contributed by atoms with Crippen molar-refractivity contribution >= 4 is 32.6 Å². The van der Waals surface area contributed by atoms with Gasteiger partial charge in [-0.1, -0.05) is 0 Å². The molecule has 0 bridgehead atoms. The highest BCUT2D eigenvalue weighted by Gasteiger charge is 2.26. The fourth-order valence-electron chi connectivity index (χ4n) is 3.78. The second-order valence-corrected chi connectivity index (χ2v) is 10.2. The second-order valence-electron chi connectivity index (χ2n) is 8.17. The molecule has 194 valence electrons. The third kappa shape index (κ3) is 5.31. The summed E-state index contributed by atoms with van der Waals surface area (Å²) >= 11 is 0. The fraction of sp³-hybridized carbons (Fsp3) is 0.192. The normalized spacial score (nSPS) is 11.4. The van der Waals surface area contributed by atoms with Crippen molar-refractivity contribution in [2.75, 3.05) is 31.8 Å². The van der Waals surface area contributed by atoms with Crippen molar-refractivity contribution in [3.63, 3.8) is 0 Å². The molecule has 0 aliphatic carbocycles. The van der Waals surface area contributed by atoms with Crippen LogP contribution in [0.2, 0.25) is 0 Å². The van der Waals surface area contributed by atoms with E-state index in [4.69, 9.17) is 18.6 Å². The highest BCUT2D eigenvalue weighted by molar-refractivity contribution is 7.92. The predicted octanol–water partition coefficient (Wildman–Crippen LogP) is 4.93. The Bertz CT molecular complexity index is 1560. The Kier molecular flexibility index (Phi) is 6.99. The summed E-state index contributed by atoms with van der Waals surface area (Å²) in [6, 6.07) is 13.2. The predicted molar refractivity (Wildman–Crippen MR) is 136 cm³/mol. The van der Waals surface area contributed by atoms with Crippen molar-refractivity contribution in [3.05, 3.63) is 71.5 Å². The lowest BCUT2D eigenvalue weighted by Crippen LogP contribution is -2.25. The standard InChI is InChI=1S/C26H24FNO8S/c1-28(37(4,31)32)21-13-22-20(24(26(29)30)25(36-22)16-5-7-17(27)8-6-16)12-23(21)35-14-15-9-18(33-2)11-19(10-15)34-3/h5-13H,14H2,1-4H3,(H,29,30). The van der Waals surface area contributed by atoms with Crippen LogP contribution in [0, 0.1) is 5.82 Å². The van der Waals surface area contributed by atoms with Gasteiger partial charge in [-0.25, -0.2) is 17.6 Å². The van der Waals surface area contributed by atoms with Gasteiger partial charge in [0.05, 0.1) is 26.2 Å². The topological polar surface area (TPSA) is 116 Å². The van der Waals surface area contributed by atoms with Crippen LogP contribution in [0.5, 0.6) is 17.2 Å². The van der Waals surface area contributed by atoms with Gasteiger partial charge in [0.2, 0.25) is 10.0 Å². The third-order valence-electron chi connectivity index (χ3n) is 5.73. The number of hydrogen-bond acceptors (Lipinski definition) is 7. The quantitative estimate of drug-likeness (QED) is 0.325. The van der Waals surface area contributed by atoms with E-state index < -0.39 is 21.8 Å². The second kappa shape index (κ2) is 10.0. The van der Waals surface area contributed by atoms with Gasteiger partial charge >= 0.3 is 5.97 Å². The molecule has 0 saturated carbocycles. The molecule has 9 nitrogen and oxygen atoms in total. The highest BCUT2D eigenvalue weighted by Crippen LogP contribution is 2.41. The van der Waals surface area contributed by atoms with Crippen LogP contribution in [-0.4, -0.2) is 47.0 Å². The summed E-state index contributed by atoms with van der Waals surface area (Å²) < 4.78 is 61.6. The van der Waals surface area contributed by atoms with Crippen molar-refractivity contribution in [3.8, 4) is 28.6 Å². The van der Waals surface area contributed by atoms with Gasteiger partial charge < -0.3 is 23.7 Å². The summed E-state index contributed by atoms with van der Waals surface area (Å²) in [5, 5.41) is 10.2. The number of carbonyl (C=O) groups is 1. The van der Waals surface area contributed by atoms with Gasteiger partial charge in [0.15, 0.2) is 0 Å². The van der Waals surface area contributed by atoms with Gasteiger partial charge in [0.25, 0.3) is 0 Å². The van der Waals surface area contributed by atoms with Gasteiger partial charge in [0.1, 0.15) is 46.6 Å². The molecule has 0 atom stereocenters. The zero-order chi connectivity index (χ0) is 26.9. The molecule has 0 aliphatic heterocycles. The van der Waals surface area contributed by atoms with E-state index in [0.717, 1.165) is 10.6 Å². The number of anilines is 1. The molecule has 0 aliphatic rings. The van der Waals surface area contributed by atoms with E-state index in [1.165, 1.54) is 57.7 Å². The largest absolute Gasteiger partial charge is 0.497 e. The van der Waals surface area contributed by atoms with Gasteiger partial charge in [-0.15, -0.1) is 0 Å². The Morgan fingerprint density at radius 3 is 2.19 bits per heavy atom. The number of carboxylic acid groups (broad SMARTS) is 1. The number of fused-ring (bicyclic) bond motifs is 1. The lowest BCUT2D eigenvalue weighted by Gasteiger charge is -2.20. The first-order valence-corrected chi connectivity index (χ1v) is 12.7. The molecule has 0 fully saturated rings. The van der Waals surface area contributed by atoms with Crippen molar-refractivity contribution < 1.29 is 41.3 Å². The summed E-state index contributed by atoms with van der Waals surface area (Å²) in [5.41, 5.74) is 1.11. The first-order valence-electron chi connectivity index (χ1n) is 10.9. The van der Waals surface area contributed by atoms with Crippen LogP contribution in [-0.2, 0) is 16.6 Å². The SMILES string of the molecule is COc1cc(COc2cc3c(C(=O)O)c(-c4ccc(F)cc4)oc3cc2N(C)S(C)(=O)=O)cc(OC)c1. The summed E-state index contributed by atoms with van der Waals surface area (Å²) in [5.74, 6) is -0.576. The Morgan fingerprint density at radius 2 is 1.65 bits per heavy atom. The van der Waals surface area contributed by atoms with Crippen LogP contribution in [0.25, 0.3) is 22.3 Å². The summed E-state index contributed by atoms with van der Waals surface area (Å²) in [7, 11) is 0.656. The van der Waals surface area contributed by atoms with E-state index in [-0.39, 0.29) is 40.3 Å². The summed E-state index contributed by atoms with van der Waals surface area (Å²) in [4.78, 5) is 12.2. The number of hydrogen-bond donors (Lipinski definition) is 1. The molecule has 0 spiro atoms. The smallest absolute Gasteiger partial charge is 0.340 e. The van der Waals surface area contributed by atoms with Gasteiger partial charge in [-0.3, -0.25) is 4.31 Å². The summed E-state index contributed by atoms with van der Waals surface area (Å²) in [6.45, 7) is -0.00521. The molecular weight excluding hydrogens is 505 g/mol. The number of sulfonamides is 1. The zero-order valence-electron chi connectivity index (χ0n) is 20.4. The minimum Gasteiger partial charge on any atom is -0.497 e. The number of methoxy groups -OCH3 is 2. The number of carboxylic acids is 1. The monoisotopic (exact) mass is 529 g/mol. The molecule has 4 aromatic rings. The zero-order valence-corrected chi connectivity index (χ0v) is 21.3. The molecule has 1 aromatic heterocycles. The van der Waals surface area contributed by atoms with E-state index in [1.807, 2.05) is 0 Å².